The normalized spacial score (nSPS) is 15.7. The maximum atomic E-state index is 13.0. The van der Waals surface area contributed by atoms with Crippen LogP contribution in [0.5, 0.6) is 0 Å². The highest BCUT2D eigenvalue weighted by Gasteiger charge is 2.38. The van der Waals surface area contributed by atoms with Crippen LogP contribution in [0.3, 0.4) is 0 Å². The average Bonchev–Trinajstić information content (AvgIpc) is 3.89. The number of nitrogens with one attached hydrogen (secondary N) is 1. The summed E-state index contributed by atoms with van der Waals surface area (Å²) in [5.74, 6) is -0.806. The van der Waals surface area contributed by atoms with E-state index >= 15 is 0 Å². The Labute approximate surface area is 326 Å². The summed E-state index contributed by atoms with van der Waals surface area (Å²) >= 11 is 12.5. The molecular formula is C46H32Cl2F3N3O. The molecule has 0 spiro atoms. The number of alkyl halides is 3. The van der Waals surface area contributed by atoms with E-state index in [4.69, 9.17) is 28.9 Å². The number of carbonyl (C=O) groups excluding carboxylic acids is 1. The number of hydrogen-bond donors (Lipinski definition) is 2. The van der Waals surface area contributed by atoms with Crippen molar-refractivity contribution in [3.63, 3.8) is 0 Å². The first-order valence-corrected chi connectivity index (χ1v) is 18.3. The number of anilines is 1. The zero-order valence-electron chi connectivity index (χ0n) is 29.1. The topological polar surface area (TPSA) is 60.1 Å². The maximum Gasteiger partial charge on any atom is 0.417 e. The highest BCUT2D eigenvalue weighted by Crippen LogP contribution is 2.51. The van der Waals surface area contributed by atoms with Crippen molar-refractivity contribution in [2.75, 3.05) is 5.32 Å². The van der Waals surface area contributed by atoms with Crippen molar-refractivity contribution in [1.29, 1.82) is 0 Å². The Kier molecular flexibility index (Phi) is 9.59. The number of rotatable bonds is 6. The Balaban J connectivity index is 0.000000191. The molecule has 9 rings (SSSR count). The van der Waals surface area contributed by atoms with Crippen molar-refractivity contribution in [3.8, 4) is 11.1 Å². The lowest BCUT2D eigenvalue weighted by Crippen LogP contribution is -2.17. The molecule has 1 heterocycles. The van der Waals surface area contributed by atoms with Crippen molar-refractivity contribution in [2.45, 2.75) is 18.1 Å². The molecule has 9 heteroatoms. The van der Waals surface area contributed by atoms with Gasteiger partial charge in [0.25, 0.3) is 0 Å². The zero-order valence-corrected chi connectivity index (χ0v) is 30.6. The molecule has 6 aromatic carbocycles. The van der Waals surface area contributed by atoms with Gasteiger partial charge in [0.15, 0.2) is 0 Å². The molecule has 2 aliphatic carbocycles. The van der Waals surface area contributed by atoms with Crippen LogP contribution < -0.4 is 11.1 Å². The van der Waals surface area contributed by atoms with Gasteiger partial charge in [0, 0.05) is 40.1 Å². The van der Waals surface area contributed by atoms with E-state index in [1.165, 1.54) is 63.0 Å². The molecule has 4 nitrogen and oxygen atoms in total. The second kappa shape index (κ2) is 14.7. The van der Waals surface area contributed by atoms with Crippen LogP contribution in [0.1, 0.15) is 50.1 Å². The molecule has 7 aromatic rings. The van der Waals surface area contributed by atoms with Crippen LogP contribution in [0.2, 0.25) is 10.0 Å². The van der Waals surface area contributed by atoms with E-state index < -0.39 is 17.6 Å². The van der Waals surface area contributed by atoms with Gasteiger partial charge in [0.1, 0.15) is 0 Å². The number of hydrogen-bond acceptors (Lipinski definition) is 2. The molecule has 2 aliphatic rings. The lowest BCUT2D eigenvalue weighted by Gasteiger charge is -2.27. The van der Waals surface area contributed by atoms with Gasteiger partial charge in [-0.05, 0) is 87.3 Å². The summed E-state index contributed by atoms with van der Waals surface area (Å²) in [6.07, 6.45) is 2.32. The summed E-state index contributed by atoms with van der Waals surface area (Å²) in [7, 11) is 0. The van der Waals surface area contributed by atoms with Crippen molar-refractivity contribution < 1.29 is 18.0 Å². The van der Waals surface area contributed by atoms with Gasteiger partial charge in [-0.1, -0.05) is 132 Å². The van der Waals surface area contributed by atoms with E-state index in [9.17, 15) is 18.0 Å². The third-order valence-corrected chi connectivity index (χ3v) is 10.7. The van der Waals surface area contributed by atoms with Crippen LogP contribution in [0.15, 0.2) is 163 Å². The predicted molar refractivity (Wildman–Crippen MR) is 217 cm³/mol. The van der Waals surface area contributed by atoms with Gasteiger partial charge in [0.2, 0.25) is 5.91 Å². The van der Waals surface area contributed by atoms with Gasteiger partial charge in [-0.25, -0.2) is 0 Å². The molecule has 0 radical (unpaired) electrons. The Bertz CT molecular complexity index is 2650. The molecule has 55 heavy (non-hydrogen) atoms. The van der Waals surface area contributed by atoms with Gasteiger partial charge in [0.05, 0.1) is 21.7 Å². The van der Waals surface area contributed by atoms with Crippen LogP contribution in [-0.2, 0) is 6.18 Å². The minimum absolute atomic E-state index is 0.0780. The van der Waals surface area contributed by atoms with Gasteiger partial charge in [-0.2, -0.15) is 13.2 Å². The van der Waals surface area contributed by atoms with Crippen LogP contribution in [0, 0.1) is 0 Å². The molecule has 0 saturated heterocycles. The Morgan fingerprint density at radius 2 is 1.36 bits per heavy atom. The number of halogens is 5. The monoisotopic (exact) mass is 769 g/mol. The summed E-state index contributed by atoms with van der Waals surface area (Å²) in [6.45, 7) is 0. The SMILES string of the molecule is Clc1ccc(NC2=Cc3ccccc3C2C2=Cc3ccccc3C2n2ccc3ccccc32)cc1Cl.NC(=O)c1cccc(C(F)(F)F)c1-c1ccccc1. The van der Waals surface area contributed by atoms with E-state index in [2.05, 4.69) is 107 Å². The van der Waals surface area contributed by atoms with Crippen molar-refractivity contribution >= 4 is 57.9 Å². The van der Waals surface area contributed by atoms with Gasteiger partial charge < -0.3 is 15.6 Å². The first-order valence-electron chi connectivity index (χ1n) is 17.5. The molecule has 0 fully saturated rings. The fourth-order valence-electron chi connectivity index (χ4n) is 7.65. The second-order valence-corrected chi connectivity index (χ2v) is 14.1. The minimum atomic E-state index is -4.55. The highest BCUT2D eigenvalue weighted by atomic mass is 35.5. The van der Waals surface area contributed by atoms with E-state index in [1.807, 2.05) is 18.2 Å². The number of fused-ring (bicyclic) bond motifs is 3. The summed E-state index contributed by atoms with van der Waals surface area (Å²) in [4.78, 5) is 11.3. The largest absolute Gasteiger partial charge is 0.417 e. The molecule has 272 valence electrons. The molecule has 0 bridgehead atoms. The van der Waals surface area contributed by atoms with Crippen LogP contribution in [0.25, 0.3) is 34.2 Å². The fraction of sp³-hybridized carbons (Fsp3) is 0.0652. The summed E-state index contributed by atoms with van der Waals surface area (Å²) < 4.78 is 41.5. The van der Waals surface area contributed by atoms with E-state index in [-0.39, 0.29) is 23.1 Å². The van der Waals surface area contributed by atoms with Gasteiger partial charge >= 0.3 is 6.18 Å². The molecule has 1 aromatic heterocycles. The number of amides is 1. The quantitative estimate of drug-likeness (QED) is 0.177. The van der Waals surface area contributed by atoms with Crippen molar-refractivity contribution in [2.24, 2.45) is 5.73 Å². The van der Waals surface area contributed by atoms with Crippen LogP contribution >= 0.6 is 23.2 Å². The lowest BCUT2D eigenvalue weighted by atomic mass is 9.86. The molecule has 2 atom stereocenters. The molecule has 0 aliphatic heterocycles. The third-order valence-electron chi connectivity index (χ3n) is 10.0. The molecular weight excluding hydrogens is 738 g/mol. The Morgan fingerprint density at radius 1 is 0.691 bits per heavy atom. The number of nitrogens with zero attached hydrogens (tertiary/aromatic N) is 1. The number of carbonyl (C=O) groups is 1. The first kappa shape index (κ1) is 36.0. The predicted octanol–water partition coefficient (Wildman–Crippen LogP) is 12.7. The standard InChI is InChI=1S/C32H22Cl2N2.C14H10F3NO/c33-27-14-13-23(19-28(27)34)35-29-18-22-9-1-4-10-24(22)31(29)26-17-21-8-2-5-11-25(21)32(26)36-16-15-20-7-3-6-12-30(20)36;15-14(16,17)11-8-4-7-10(13(18)19)12(11)9-5-2-1-3-6-9/h1-19,31-32,35H;1-8H,(H2,18,19). The smallest absolute Gasteiger partial charge is 0.366 e. The molecule has 1 amide bonds. The Hall–Kier alpha value is -6.02. The highest BCUT2D eigenvalue weighted by molar-refractivity contribution is 6.42. The molecule has 2 unspecified atom stereocenters. The maximum absolute atomic E-state index is 13.0. The minimum Gasteiger partial charge on any atom is -0.366 e. The van der Waals surface area contributed by atoms with Crippen molar-refractivity contribution in [1.82, 2.24) is 4.57 Å². The second-order valence-electron chi connectivity index (χ2n) is 13.3. The van der Waals surface area contributed by atoms with Crippen LogP contribution in [-0.4, -0.2) is 10.5 Å². The number of nitrogens with two attached hydrogens (primary N) is 1. The molecule has 0 saturated carbocycles. The molecule has 3 N–H and O–H groups in total. The number of benzene rings is 6. The average molecular weight is 771 g/mol. The number of para-hydroxylation sites is 1. The zero-order chi connectivity index (χ0) is 38.3. The lowest BCUT2D eigenvalue weighted by molar-refractivity contribution is -0.137. The van der Waals surface area contributed by atoms with Crippen LogP contribution in [0.4, 0.5) is 18.9 Å². The van der Waals surface area contributed by atoms with Crippen molar-refractivity contribution in [3.05, 3.63) is 206 Å². The summed E-state index contributed by atoms with van der Waals surface area (Å²) in [5, 5.41) is 6.02. The van der Waals surface area contributed by atoms with E-state index in [0.717, 1.165) is 17.5 Å². The van der Waals surface area contributed by atoms with E-state index in [0.29, 0.717) is 15.6 Å². The number of primary amides is 1. The Morgan fingerprint density at radius 3 is 2.09 bits per heavy atom. The van der Waals surface area contributed by atoms with Gasteiger partial charge in [-0.15, -0.1) is 0 Å². The van der Waals surface area contributed by atoms with E-state index in [1.54, 1.807) is 18.2 Å². The fourth-order valence-corrected chi connectivity index (χ4v) is 7.95. The van der Waals surface area contributed by atoms with Gasteiger partial charge in [-0.3, -0.25) is 4.79 Å². The number of allylic oxidation sites excluding steroid dienone is 1. The third kappa shape index (κ3) is 6.93. The summed E-state index contributed by atoms with van der Waals surface area (Å²) in [5.41, 5.74) is 14.1. The first-order chi connectivity index (χ1) is 26.6. The summed E-state index contributed by atoms with van der Waals surface area (Å²) in [6, 6.07) is 45.3. The number of aromatic nitrogens is 1.